The Morgan fingerprint density at radius 3 is 2.69 bits per heavy atom. The summed E-state index contributed by atoms with van der Waals surface area (Å²) < 4.78 is 7.42. The highest BCUT2D eigenvalue weighted by molar-refractivity contribution is 9.10. The van der Waals surface area contributed by atoms with Crippen molar-refractivity contribution >= 4 is 71.7 Å². The molecule has 0 radical (unpaired) electrons. The van der Waals surface area contributed by atoms with Crippen molar-refractivity contribution in [3.63, 3.8) is 0 Å². The van der Waals surface area contributed by atoms with Crippen LogP contribution < -0.4 is 9.64 Å². The Morgan fingerprint density at radius 2 is 1.92 bits per heavy atom. The molecular weight excluding hydrogens is 564 g/mol. The van der Waals surface area contributed by atoms with Crippen LogP contribution in [-0.2, 0) is 16.0 Å². The Labute approximate surface area is 223 Å². The lowest BCUT2D eigenvalue weighted by atomic mass is 9.94. The van der Waals surface area contributed by atoms with Gasteiger partial charge in [-0.15, -0.1) is 0 Å². The van der Waals surface area contributed by atoms with Gasteiger partial charge in [0.1, 0.15) is 17.6 Å². The van der Waals surface area contributed by atoms with Crippen LogP contribution in [0.25, 0.3) is 16.0 Å². The van der Waals surface area contributed by atoms with Gasteiger partial charge < -0.3 is 9.84 Å². The Kier molecular flexibility index (Phi) is 5.63. The monoisotopic (exact) mass is 580 g/mol. The molecule has 2 atom stereocenters. The maximum absolute atomic E-state index is 13.4. The molecule has 9 heteroatoms. The molecule has 0 saturated carbocycles. The lowest BCUT2D eigenvalue weighted by molar-refractivity contribution is -0.132. The highest BCUT2D eigenvalue weighted by Crippen LogP contribution is 2.45. The fourth-order valence-corrected chi connectivity index (χ4v) is 6.24. The number of thiazole rings is 1. The van der Waals surface area contributed by atoms with E-state index in [0.717, 1.165) is 20.5 Å². The topological polar surface area (TPSA) is 79.7 Å². The van der Waals surface area contributed by atoms with Crippen molar-refractivity contribution in [2.45, 2.75) is 25.5 Å². The molecule has 4 aromatic rings. The van der Waals surface area contributed by atoms with E-state index in [4.69, 9.17) is 16.3 Å². The molecule has 1 saturated heterocycles. The van der Waals surface area contributed by atoms with Gasteiger partial charge >= 0.3 is 5.91 Å². The first-order valence-electron chi connectivity index (χ1n) is 11.2. The van der Waals surface area contributed by atoms with E-state index in [-0.39, 0.29) is 17.4 Å². The average Bonchev–Trinajstić information content (AvgIpc) is 3.51. The molecule has 3 heterocycles. The van der Waals surface area contributed by atoms with E-state index >= 15 is 0 Å². The number of ether oxygens (including phenoxy) is 1. The number of carbonyl (C=O) groups is 2. The molecule has 0 bridgehead atoms. The van der Waals surface area contributed by atoms with Crippen LogP contribution in [0.2, 0.25) is 5.02 Å². The molecule has 3 aromatic carbocycles. The Bertz CT molecular complexity index is 1600. The third-order valence-corrected chi connectivity index (χ3v) is 8.13. The molecular formula is C27H18BrClN2O4S. The molecule has 0 aliphatic carbocycles. The van der Waals surface area contributed by atoms with Crippen molar-refractivity contribution in [1.29, 1.82) is 0 Å². The number of nitrogens with zero attached hydrogens (tertiary/aromatic N) is 2. The van der Waals surface area contributed by atoms with Crippen molar-refractivity contribution in [3.8, 4) is 5.75 Å². The van der Waals surface area contributed by atoms with E-state index in [2.05, 4.69) is 20.9 Å². The number of Topliss-reactive ketones (excluding diaryl/α,β-unsaturated/α-hetero) is 1. The van der Waals surface area contributed by atoms with E-state index in [1.54, 1.807) is 30.3 Å². The molecule has 0 unspecified atom stereocenters. The van der Waals surface area contributed by atoms with E-state index in [9.17, 15) is 14.7 Å². The molecule has 6 rings (SSSR count). The molecule has 6 nitrogen and oxygen atoms in total. The first kappa shape index (κ1) is 23.2. The fraction of sp³-hybridized carbons (Fsp3) is 0.148. The maximum atomic E-state index is 13.4. The Balaban J connectivity index is 1.53. The highest BCUT2D eigenvalue weighted by atomic mass is 79.9. The minimum absolute atomic E-state index is 0.0199. The van der Waals surface area contributed by atoms with Gasteiger partial charge in [-0.1, -0.05) is 51.0 Å². The second-order valence-electron chi connectivity index (χ2n) is 8.78. The van der Waals surface area contributed by atoms with Crippen LogP contribution in [0, 0.1) is 0 Å². The SMILES string of the molecule is C[C@@H]1Cc2cc(C(O)=C3C(=O)C(=O)N(c4nc5ccc(Cl)cc5s4)[C@@H]3c3ccc(Br)cc3)ccc2O1. The van der Waals surface area contributed by atoms with Crippen LogP contribution in [0.5, 0.6) is 5.75 Å². The van der Waals surface area contributed by atoms with E-state index in [0.29, 0.717) is 33.2 Å². The van der Waals surface area contributed by atoms with Gasteiger partial charge in [0.25, 0.3) is 5.78 Å². The van der Waals surface area contributed by atoms with Gasteiger partial charge in [0.2, 0.25) is 0 Å². The van der Waals surface area contributed by atoms with Crippen LogP contribution in [0.4, 0.5) is 5.13 Å². The van der Waals surface area contributed by atoms with Gasteiger partial charge in [0.15, 0.2) is 5.13 Å². The van der Waals surface area contributed by atoms with Crippen molar-refractivity contribution in [1.82, 2.24) is 4.98 Å². The molecule has 1 amide bonds. The minimum Gasteiger partial charge on any atom is -0.507 e. The largest absolute Gasteiger partial charge is 0.507 e. The van der Waals surface area contributed by atoms with E-state index in [1.165, 1.54) is 16.2 Å². The zero-order valence-electron chi connectivity index (χ0n) is 18.9. The molecule has 2 aliphatic rings. The van der Waals surface area contributed by atoms with Gasteiger partial charge in [0.05, 0.1) is 21.8 Å². The highest BCUT2D eigenvalue weighted by Gasteiger charge is 2.48. The number of ketones is 1. The third kappa shape index (κ3) is 3.80. The summed E-state index contributed by atoms with van der Waals surface area (Å²) in [7, 11) is 0. The zero-order valence-corrected chi connectivity index (χ0v) is 22.0. The van der Waals surface area contributed by atoms with Gasteiger partial charge in [0, 0.05) is 21.5 Å². The number of amides is 1. The summed E-state index contributed by atoms with van der Waals surface area (Å²) in [5, 5.41) is 12.3. The van der Waals surface area contributed by atoms with E-state index in [1.807, 2.05) is 37.3 Å². The first-order chi connectivity index (χ1) is 17.3. The van der Waals surface area contributed by atoms with Crippen molar-refractivity contribution in [2.24, 2.45) is 0 Å². The molecule has 0 spiro atoms. The van der Waals surface area contributed by atoms with Gasteiger partial charge in [-0.3, -0.25) is 14.5 Å². The number of aromatic nitrogens is 1. The molecule has 1 N–H and O–H groups in total. The smallest absolute Gasteiger partial charge is 0.301 e. The predicted octanol–water partition coefficient (Wildman–Crippen LogP) is 6.66. The number of aliphatic hydroxyl groups is 1. The number of hydrogen-bond donors (Lipinski definition) is 1. The lowest BCUT2D eigenvalue weighted by Gasteiger charge is -2.23. The summed E-state index contributed by atoms with van der Waals surface area (Å²) >= 11 is 10.9. The molecule has 1 aromatic heterocycles. The third-order valence-electron chi connectivity index (χ3n) is 6.34. The van der Waals surface area contributed by atoms with Gasteiger partial charge in [-0.2, -0.15) is 0 Å². The minimum atomic E-state index is -0.849. The standard InChI is InChI=1S/C27H18BrClN2O4S/c1-13-10-16-11-15(4-9-20(16)35-13)24(32)22-23(14-2-5-17(28)6-3-14)31(26(34)25(22)33)27-30-19-8-7-18(29)12-21(19)36-27/h2-9,11-13,23,32H,10H2,1H3/t13-,23-/m1/s1. The second kappa shape index (κ2) is 8.73. The van der Waals surface area contributed by atoms with Crippen LogP contribution in [-0.4, -0.2) is 27.9 Å². The number of aliphatic hydroxyl groups excluding tert-OH is 1. The van der Waals surface area contributed by atoms with Crippen LogP contribution in [0.3, 0.4) is 0 Å². The van der Waals surface area contributed by atoms with E-state index < -0.39 is 17.7 Å². The summed E-state index contributed by atoms with van der Waals surface area (Å²) in [4.78, 5) is 32.8. The average molecular weight is 582 g/mol. The maximum Gasteiger partial charge on any atom is 0.301 e. The van der Waals surface area contributed by atoms with Crippen LogP contribution in [0.1, 0.15) is 29.7 Å². The number of anilines is 1. The number of hydrogen-bond acceptors (Lipinski definition) is 6. The first-order valence-corrected chi connectivity index (χ1v) is 13.2. The number of rotatable bonds is 3. The quantitative estimate of drug-likeness (QED) is 0.166. The van der Waals surface area contributed by atoms with Gasteiger partial charge in [-0.25, -0.2) is 4.98 Å². The predicted molar refractivity (Wildman–Crippen MR) is 144 cm³/mol. The number of carbonyl (C=O) groups excluding carboxylic acids is 2. The second-order valence-corrected chi connectivity index (χ2v) is 11.1. The van der Waals surface area contributed by atoms with Gasteiger partial charge in [-0.05, 0) is 66.6 Å². The fourth-order valence-electron chi connectivity index (χ4n) is 4.70. The van der Waals surface area contributed by atoms with Crippen molar-refractivity contribution in [2.75, 3.05) is 4.90 Å². The Hall–Kier alpha value is -3.20. The number of fused-ring (bicyclic) bond motifs is 2. The Morgan fingerprint density at radius 1 is 1.14 bits per heavy atom. The number of benzene rings is 3. The van der Waals surface area contributed by atoms with Crippen LogP contribution >= 0.6 is 38.9 Å². The summed E-state index contributed by atoms with van der Waals surface area (Å²) in [5.74, 6) is -0.970. The lowest BCUT2D eigenvalue weighted by Crippen LogP contribution is -2.29. The summed E-state index contributed by atoms with van der Waals surface area (Å²) in [6, 6.07) is 17.1. The van der Waals surface area contributed by atoms with Crippen LogP contribution in [0.15, 0.2) is 70.7 Å². The molecule has 2 aliphatic heterocycles. The molecule has 1 fully saturated rings. The summed E-state index contributed by atoms with van der Waals surface area (Å²) in [6.45, 7) is 1.98. The summed E-state index contributed by atoms with van der Waals surface area (Å²) in [6.07, 6.45) is 0.744. The normalized spacial score (nSPS) is 20.7. The summed E-state index contributed by atoms with van der Waals surface area (Å²) in [5.41, 5.74) is 2.77. The molecule has 180 valence electrons. The molecule has 36 heavy (non-hydrogen) atoms. The van der Waals surface area contributed by atoms with Crippen molar-refractivity contribution in [3.05, 3.63) is 92.4 Å². The number of halogens is 2. The zero-order chi connectivity index (χ0) is 25.1. The van der Waals surface area contributed by atoms with Crippen molar-refractivity contribution < 1.29 is 19.4 Å².